The molecule has 0 radical (unpaired) electrons. The predicted octanol–water partition coefficient (Wildman–Crippen LogP) is 1.37. The highest BCUT2D eigenvalue weighted by molar-refractivity contribution is 5.94. The van der Waals surface area contributed by atoms with E-state index in [4.69, 9.17) is 9.47 Å². The monoisotopic (exact) mass is 224 g/mol. The van der Waals surface area contributed by atoms with Gasteiger partial charge in [-0.1, -0.05) is 0 Å². The zero-order valence-electron chi connectivity index (χ0n) is 9.90. The number of ether oxygens (including phenoxy) is 2. The maximum Gasteiger partial charge on any atom is 0.254 e. The van der Waals surface area contributed by atoms with Crippen molar-refractivity contribution in [2.75, 3.05) is 19.5 Å². The Bertz CT molecular complexity index is 379. The fraction of sp³-hybridized carbons (Fsp3) is 0.455. The van der Waals surface area contributed by atoms with Crippen molar-refractivity contribution in [3.05, 3.63) is 17.8 Å². The molecule has 0 aromatic carbocycles. The predicted molar refractivity (Wildman–Crippen MR) is 60.6 cm³/mol. The summed E-state index contributed by atoms with van der Waals surface area (Å²) in [5.41, 5.74) is 0.807. The van der Waals surface area contributed by atoms with Crippen LogP contribution in [0.15, 0.2) is 12.1 Å². The quantitative estimate of drug-likeness (QED) is 0.839. The summed E-state index contributed by atoms with van der Waals surface area (Å²) in [5.74, 6) is 0.692. The number of carbonyl (C=O) groups excluding carboxylic acids is 1. The van der Waals surface area contributed by atoms with Gasteiger partial charge < -0.3 is 14.8 Å². The van der Waals surface area contributed by atoms with Crippen molar-refractivity contribution < 1.29 is 14.3 Å². The summed E-state index contributed by atoms with van der Waals surface area (Å²) in [4.78, 5) is 15.8. The molecular weight excluding hydrogens is 208 g/mol. The van der Waals surface area contributed by atoms with Gasteiger partial charge in [-0.3, -0.25) is 4.79 Å². The van der Waals surface area contributed by atoms with Crippen molar-refractivity contribution in [2.24, 2.45) is 0 Å². The highest BCUT2D eigenvalue weighted by atomic mass is 16.5. The lowest BCUT2D eigenvalue weighted by molar-refractivity contribution is -0.124. The van der Waals surface area contributed by atoms with E-state index in [9.17, 15) is 4.79 Å². The second-order valence-corrected chi connectivity index (χ2v) is 3.37. The molecule has 0 aliphatic carbocycles. The minimum atomic E-state index is -0.521. The van der Waals surface area contributed by atoms with E-state index in [1.54, 1.807) is 13.0 Å². The van der Waals surface area contributed by atoms with E-state index in [0.29, 0.717) is 11.6 Å². The maximum atomic E-state index is 11.6. The average Bonchev–Trinajstić information content (AvgIpc) is 2.28. The van der Waals surface area contributed by atoms with Crippen LogP contribution in [-0.4, -0.2) is 31.2 Å². The summed E-state index contributed by atoms with van der Waals surface area (Å²) in [6.07, 6.45) is -0.521. The zero-order chi connectivity index (χ0) is 12.1. The largest absolute Gasteiger partial charge is 0.493 e. The number of aryl methyl sites for hydroxylation is 1. The summed E-state index contributed by atoms with van der Waals surface area (Å²) < 4.78 is 10.0. The van der Waals surface area contributed by atoms with Gasteiger partial charge in [-0.25, -0.2) is 4.98 Å². The number of hydrogen-bond donors (Lipinski definition) is 1. The fourth-order valence-electron chi connectivity index (χ4n) is 1.12. The third-order valence-corrected chi connectivity index (χ3v) is 2.18. The summed E-state index contributed by atoms with van der Waals surface area (Å²) in [6, 6.07) is 3.57. The first-order valence-electron chi connectivity index (χ1n) is 4.93. The van der Waals surface area contributed by atoms with Crippen molar-refractivity contribution in [3.63, 3.8) is 0 Å². The first-order valence-corrected chi connectivity index (χ1v) is 4.93. The average molecular weight is 224 g/mol. The lowest BCUT2D eigenvalue weighted by atomic mass is 10.3. The van der Waals surface area contributed by atoms with E-state index in [-0.39, 0.29) is 5.91 Å². The minimum Gasteiger partial charge on any atom is -0.493 e. The Kier molecular flexibility index (Phi) is 4.25. The van der Waals surface area contributed by atoms with Crippen molar-refractivity contribution in [3.8, 4) is 5.75 Å². The molecule has 0 spiro atoms. The molecule has 0 saturated carbocycles. The number of hydrogen-bond acceptors (Lipinski definition) is 4. The van der Waals surface area contributed by atoms with Gasteiger partial charge in [0.2, 0.25) is 0 Å². The molecule has 0 unspecified atom stereocenters. The summed E-state index contributed by atoms with van der Waals surface area (Å²) >= 11 is 0. The molecule has 0 bridgehead atoms. The van der Waals surface area contributed by atoms with Crippen molar-refractivity contribution >= 4 is 11.7 Å². The molecule has 0 aliphatic rings. The Morgan fingerprint density at radius 1 is 1.44 bits per heavy atom. The van der Waals surface area contributed by atoms with Crippen LogP contribution in [0.2, 0.25) is 0 Å². The van der Waals surface area contributed by atoms with Gasteiger partial charge in [0.1, 0.15) is 6.10 Å². The molecule has 1 atom stereocenters. The molecule has 1 rings (SSSR count). The highest BCUT2D eigenvalue weighted by Crippen LogP contribution is 2.21. The van der Waals surface area contributed by atoms with Gasteiger partial charge in [0.05, 0.1) is 7.11 Å². The molecule has 1 aromatic rings. The Morgan fingerprint density at radius 3 is 2.69 bits per heavy atom. The smallest absolute Gasteiger partial charge is 0.254 e. The standard InChI is InChI=1S/C11H16N2O3/c1-7-5-6-9(16-4)10(12-7)13-11(14)8(2)15-3/h5-6,8H,1-4H3,(H,12,13,14)/t8-/m0/s1. The van der Waals surface area contributed by atoms with Crippen molar-refractivity contribution in [1.29, 1.82) is 0 Å². The highest BCUT2D eigenvalue weighted by Gasteiger charge is 2.14. The van der Waals surface area contributed by atoms with Crippen LogP contribution in [0.5, 0.6) is 5.75 Å². The molecule has 5 nitrogen and oxygen atoms in total. The molecule has 5 heteroatoms. The van der Waals surface area contributed by atoms with E-state index in [2.05, 4.69) is 10.3 Å². The molecule has 88 valence electrons. The lowest BCUT2D eigenvalue weighted by Crippen LogP contribution is -2.27. The Balaban J connectivity index is 2.87. The minimum absolute atomic E-state index is 0.251. The number of aromatic nitrogens is 1. The van der Waals surface area contributed by atoms with Crippen LogP contribution in [0.3, 0.4) is 0 Å². The Hall–Kier alpha value is -1.62. The van der Waals surface area contributed by atoms with Crippen LogP contribution in [0.25, 0.3) is 0 Å². The Morgan fingerprint density at radius 2 is 2.12 bits per heavy atom. The van der Waals surface area contributed by atoms with Crippen LogP contribution in [0.4, 0.5) is 5.82 Å². The summed E-state index contributed by atoms with van der Waals surface area (Å²) in [5, 5.41) is 2.65. The van der Waals surface area contributed by atoms with Gasteiger partial charge in [0.15, 0.2) is 11.6 Å². The first kappa shape index (κ1) is 12.4. The number of anilines is 1. The van der Waals surface area contributed by atoms with Crippen LogP contribution < -0.4 is 10.1 Å². The second-order valence-electron chi connectivity index (χ2n) is 3.37. The third kappa shape index (κ3) is 2.93. The molecule has 1 amide bonds. The molecule has 16 heavy (non-hydrogen) atoms. The maximum absolute atomic E-state index is 11.6. The van der Waals surface area contributed by atoms with E-state index in [0.717, 1.165) is 5.69 Å². The van der Waals surface area contributed by atoms with Crippen molar-refractivity contribution in [1.82, 2.24) is 4.98 Å². The van der Waals surface area contributed by atoms with Gasteiger partial charge in [-0.2, -0.15) is 0 Å². The number of amides is 1. The molecule has 1 N–H and O–H groups in total. The number of pyridine rings is 1. The van der Waals surface area contributed by atoms with Gasteiger partial charge >= 0.3 is 0 Å². The lowest BCUT2D eigenvalue weighted by Gasteiger charge is -2.12. The Labute approximate surface area is 94.8 Å². The van der Waals surface area contributed by atoms with Crippen LogP contribution in [-0.2, 0) is 9.53 Å². The van der Waals surface area contributed by atoms with E-state index < -0.39 is 6.10 Å². The SMILES string of the molecule is COc1ccc(C)nc1NC(=O)[C@H](C)OC. The number of methoxy groups -OCH3 is 2. The molecule has 1 heterocycles. The number of rotatable bonds is 4. The van der Waals surface area contributed by atoms with Crippen LogP contribution >= 0.6 is 0 Å². The summed E-state index contributed by atoms with van der Waals surface area (Å²) in [7, 11) is 3.01. The van der Waals surface area contributed by atoms with Gasteiger partial charge in [0, 0.05) is 12.8 Å². The normalized spacial score (nSPS) is 12.0. The van der Waals surface area contributed by atoms with E-state index >= 15 is 0 Å². The van der Waals surface area contributed by atoms with Gasteiger partial charge in [0.25, 0.3) is 5.91 Å². The third-order valence-electron chi connectivity index (χ3n) is 2.18. The van der Waals surface area contributed by atoms with E-state index in [1.165, 1.54) is 14.2 Å². The second kappa shape index (κ2) is 5.46. The van der Waals surface area contributed by atoms with Gasteiger partial charge in [-0.05, 0) is 26.0 Å². The topological polar surface area (TPSA) is 60.5 Å². The number of carbonyl (C=O) groups is 1. The number of nitrogens with one attached hydrogen (secondary N) is 1. The molecule has 0 fully saturated rings. The van der Waals surface area contributed by atoms with E-state index in [1.807, 2.05) is 13.0 Å². The zero-order valence-corrected chi connectivity index (χ0v) is 9.90. The molecule has 0 saturated heterocycles. The van der Waals surface area contributed by atoms with Crippen LogP contribution in [0, 0.1) is 6.92 Å². The molecular formula is C11H16N2O3. The summed E-state index contributed by atoms with van der Waals surface area (Å²) in [6.45, 7) is 3.51. The van der Waals surface area contributed by atoms with Crippen molar-refractivity contribution in [2.45, 2.75) is 20.0 Å². The first-order chi connectivity index (χ1) is 7.58. The molecule has 1 aromatic heterocycles. The molecule has 0 aliphatic heterocycles. The van der Waals surface area contributed by atoms with Gasteiger partial charge in [-0.15, -0.1) is 0 Å². The number of nitrogens with zero attached hydrogens (tertiary/aromatic N) is 1. The van der Waals surface area contributed by atoms with Crippen LogP contribution in [0.1, 0.15) is 12.6 Å². The fourth-order valence-corrected chi connectivity index (χ4v) is 1.12.